The average molecular weight is 432 g/mol. The molecule has 0 saturated heterocycles. The standard InChI is InChI=1S/C23H18ClN5O2/c1-30-13-22-26-27-23-18-11-16(24)6-10-20(18)29-14-25-19(21(29)12-28(22)23)9-5-15-3-7-17(31-2)8-4-15/h3-4,6-8,10-11,14H,12-13H2,1-2H3. The Morgan fingerprint density at radius 3 is 2.68 bits per heavy atom. The fourth-order valence-corrected chi connectivity index (χ4v) is 3.80. The first-order chi connectivity index (χ1) is 15.2. The van der Waals surface area contributed by atoms with Crippen molar-refractivity contribution in [1.29, 1.82) is 0 Å². The van der Waals surface area contributed by atoms with E-state index in [0.29, 0.717) is 23.9 Å². The van der Waals surface area contributed by atoms with Crippen LogP contribution in [0.15, 0.2) is 48.8 Å². The van der Waals surface area contributed by atoms with Gasteiger partial charge in [0.25, 0.3) is 0 Å². The van der Waals surface area contributed by atoms with Gasteiger partial charge >= 0.3 is 0 Å². The number of halogens is 1. The number of rotatable bonds is 3. The lowest BCUT2D eigenvalue weighted by Crippen LogP contribution is -2.09. The SMILES string of the molecule is COCc1nnc2n1Cc1c(C#Cc3ccc(OC)cc3)ncn1-c1ccc(Cl)cc1-2. The predicted octanol–water partition coefficient (Wildman–Crippen LogP) is 3.70. The van der Waals surface area contributed by atoms with Crippen LogP contribution in [0, 0.1) is 11.8 Å². The molecule has 8 heteroatoms. The molecule has 0 spiro atoms. The van der Waals surface area contributed by atoms with Crippen molar-refractivity contribution in [2.45, 2.75) is 13.2 Å². The van der Waals surface area contributed by atoms with Crippen molar-refractivity contribution in [2.24, 2.45) is 0 Å². The number of nitrogens with zero attached hydrogens (tertiary/aromatic N) is 5. The molecule has 2 aromatic carbocycles. The molecule has 1 aliphatic rings. The summed E-state index contributed by atoms with van der Waals surface area (Å²) >= 11 is 6.30. The number of methoxy groups -OCH3 is 2. The van der Waals surface area contributed by atoms with Crippen molar-refractivity contribution in [3.8, 4) is 34.7 Å². The van der Waals surface area contributed by atoms with E-state index in [9.17, 15) is 0 Å². The van der Waals surface area contributed by atoms with Gasteiger partial charge in [0.2, 0.25) is 0 Å². The van der Waals surface area contributed by atoms with Crippen LogP contribution in [0.2, 0.25) is 5.02 Å². The van der Waals surface area contributed by atoms with Gasteiger partial charge in [-0.25, -0.2) is 4.98 Å². The molecular formula is C23H18ClN5O2. The number of ether oxygens (including phenoxy) is 2. The van der Waals surface area contributed by atoms with Crippen LogP contribution < -0.4 is 4.74 Å². The van der Waals surface area contributed by atoms with Crippen molar-refractivity contribution in [2.75, 3.05) is 14.2 Å². The Balaban J connectivity index is 1.64. The molecule has 154 valence electrons. The van der Waals surface area contributed by atoms with Crippen molar-refractivity contribution < 1.29 is 9.47 Å². The van der Waals surface area contributed by atoms with E-state index in [1.807, 2.05) is 51.6 Å². The number of hydrogen-bond donors (Lipinski definition) is 0. The molecule has 4 aromatic rings. The number of benzene rings is 2. The minimum atomic E-state index is 0.351. The average Bonchev–Trinajstić information content (AvgIpc) is 3.34. The highest BCUT2D eigenvalue weighted by atomic mass is 35.5. The third-order valence-electron chi connectivity index (χ3n) is 5.15. The summed E-state index contributed by atoms with van der Waals surface area (Å²) in [6.45, 7) is 0.865. The molecule has 0 bridgehead atoms. The highest BCUT2D eigenvalue weighted by molar-refractivity contribution is 6.31. The first kappa shape index (κ1) is 19.4. The fourth-order valence-electron chi connectivity index (χ4n) is 3.63. The van der Waals surface area contributed by atoms with Crippen LogP contribution in [0.25, 0.3) is 17.1 Å². The topological polar surface area (TPSA) is 67.0 Å². The Labute approximate surface area is 184 Å². The Morgan fingerprint density at radius 2 is 1.90 bits per heavy atom. The van der Waals surface area contributed by atoms with Crippen LogP contribution in [0.5, 0.6) is 5.75 Å². The second-order valence-corrected chi connectivity index (χ2v) is 7.45. The van der Waals surface area contributed by atoms with E-state index in [2.05, 4.69) is 27.0 Å². The van der Waals surface area contributed by atoms with E-state index in [1.54, 1.807) is 20.5 Å². The molecule has 1 aliphatic heterocycles. The minimum absolute atomic E-state index is 0.351. The Hall–Kier alpha value is -3.60. The maximum absolute atomic E-state index is 6.30. The largest absolute Gasteiger partial charge is 0.497 e. The molecule has 0 aliphatic carbocycles. The van der Waals surface area contributed by atoms with Crippen molar-refractivity contribution >= 4 is 11.6 Å². The van der Waals surface area contributed by atoms with Gasteiger partial charge < -0.3 is 14.0 Å². The number of hydrogen-bond acceptors (Lipinski definition) is 5. The molecule has 0 unspecified atom stereocenters. The summed E-state index contributed by atoms with van der Waals surface area (Å²) in [6.07, 6.45) is 1.79. The monoisotopic (exact) mass is 431 g/mol. The first-order valence-electron chi connectivity index (χ1n) is 9.61. The van der Waals surface area contributed by atoms with Crippen molar-refractivity contribution in [3.63, 3.8) is 0 Å². The van der Waals surface area contributed by atoms with Gasteiger partial charge in [0.15, 0.2) is 11.6 Å². The fraction of sp³-hybridized carbons (Fsp3) is 0.174. The molecule has 0 amide bonds. The summed E-state index contributed by atoms with van der Waals surface area (Å²) < 4.78 is 14.6. The molecule has 31 heavy (non-hydrogen) atoms. The van der Waals surface area contributed by atoms with E-state index < -0.39 is 0 Å². The van der Waals surface area contributed by atoms with E-state index in [0.717, 1.165) is 39.9 Å². The van der Waals surface area contributed by atoms with Gasteiger partial charge in [0, 0.05) is 23.3 Å². The molecule has 2 aromatic heterocycles. The molecule has 0 atom stereocenters. The van der Waals surface area contributed by atoms with Crippen LogP contribution >= 0.6 is 11.6 Å². The molecule has 0 N–H and O–H groups in total. The van der Waals surface area contributed by atoms with E-state index in [1.165, 1.54) is 0 Å². The normalized spacial score (nSPS) is 11.6. The second kappa shape index (κ2) is 7.91. The molecule has 7 nitrogen and oxygen atoms in total. The van der Waals surface area contributed by atoms with Crippen LogP contribution in [0.1, 0.15) is 22.8 Å². The van der Waals surface area contributed by atoms with E-state index in [-0.39, 0.29) is 0 Å². The lowest BCUT2D eigenvalue weighted by atomic mass is 10.1. The highest BCUT2D eigenvalue weighted by Gasteiger charge is 2.25. The third kappa shape index (κ3) is 3.46. The van der Waals surface area contributed by atoms with Gasteiger partial charge in [-0.2, -0.15) is 0 Å². The Morgan fingerprint density at radius 1 is 1.06 bits per heavy atom. The van der Waals surface area contributed by atoms with Gasteiger partial charge in [-0.15, -0.1) is 10.2 Å². The summed E-state index contributed by atoms with van der Waals surface area (Å²) in [7, 11) is 3.28. The Kier molecular flexibility index (Phi) is 4.94. The van der Waals surface area contributed by atoms with E-state index >= 15 is 0 Å². The number of imidazole rings is 1. The molecule has 0 saturated carbocycles. The van der Waals surface area contributed by atoms with Crippen LogP contribution in [-0.4, -0.2) is 38.5 Å². The van der Waals surface area contributed by atoms with Crippen LogP contribution in [0.3, 0.4) is 0 Å². The second-order valence-electron chi connectivity index (χ2n) is 7.01. The van der Waals surface area contributed by atoms with Crippen molar-refractivity contribution in [3.05, 3.63) is 76.6 Å². The lowest BCUT2D eigenvalue weighted by molar-refractivity contribution is 0.174. The summed E-state index contributed by atoms with van der Waals surface area (Å²) in [5.74, 6) is 8.67. The Bertz CT molecular complexity index is 1330. The maximum atomic E-state index is 6.30. The van der Waals surface area contributed by atoms with Gasteiger partial charge in [-0.05, 0) is 48.4 Å². The van der Waals surface area contributed by atoms with Crippen molar-refractivity contribution in [1.82, 2.24) is 24.3 Å². The highest BCUT2D eigenvalue weighted by Crippen LogP contribution is 2.34. The minimum Gasteiger partial charge on any atom is -0.497 e. The van der Waals surface area contributed by atoms with Gasteiger partial charge in [0.05, 0.1) is 25.0 Å². The molecule has 0 radical (unpaired) electrons. The quantitative estimate of drug-likeness (QED) is 0.407. The van der Waals surface area contributed by atoms with E-state index in [4.69, 9.17) is 21.1 Å². The van der Waals surface area contributed by atoms with Gasteiger partial charge in [-0.1, -0.05) is 17.5 Å². The molecular weight excluding hydrogens is 414 g/mol. The summed E-state index contributed by atoms with van der Waals surface area (Å²) in [5.41, 5.74) is 4.34. The summed E-state index contributed by atoms with van der Waals surface area (Å²) in [4.78, 5) is 4.59. The molecule has 5 rings (SSSR count). The third-order valence-corrected chi connectivity index (χ3v) is 5.38. The summed E-state index contributed by atoms with van der Waals surface area (Å²) in [5, 5.41) is 9.36. The molecule has 3 heterocycles. The van der Waals surface area contributed by atoms with Crippen LogP contribution in [0.4, 0.5) is 0 Å². The zero-order chi connectivity index (χ0) is 21.4. The van der Waals surface area contributed by atoms with Gasteiger partial charge in [-0.3, -0.25) is 4.57 Å². The van der Waals surface area contributed by atoms with Gasteiger partial charge in [0.1, 0.15) is 24.4 Å². The first-order valence-corrected chi connectivity index (χ1v) is 9.99. The van der Waals surface area contributed by atoms with Crippen LogP contribution in [-0.2, 0) is 17.9 Å². The smallest absolute Gasteiger partial charge is 0.166 e. The number of aromatic nitrogens is 5. The zero-order valence-electron chi connectivity index (χ0n) is 17.0. The lowest BCUT2D eigenvalue weighted by Gasteiger charge is -2.08. The zero-order valence-corrected chi connectivity index (χ0v) is 17.7. The number of fused-ring (bicyclic) bond motifs is 5. The maximum Gasteiger partial charge on any atom is 0.166 e. The predicted molar refractivity (Wildman–Crippen MR) is 116 cm³/mol. The summed E-state index contributed by atoms with van der Waals surface area (Å²) in [6, 6.07) is 13.3. The molecule has 0 fully saturated rings.